The summed E-state index contributed by atoms with van der Waals surface area (Å²) in [7, 11) is 0. The molecule has 4 heteroatoms. The summed E-state index contributed by atoms with van der Waals surface area (Å²) in [4.78, 5) is 0. The summed E-state index contributed by atoms with van der Waals surface area (Å²) >= 11 is 1.43. The molecule has 0 aliphatic heterocycles. The number of hydrogen-bond donors (Lipinski definition) is 0. The molecule has 0 radical (unpaired) electrons. The Hall–Kier alpha value is 2.36. The van der Waals surface area contributed by atoms with Gasteiger partial charge in [-0.3, -0.25) is 0 Å². The van der Waals surface area contributed by atoms with E-state index >= 15 is 0 Å². The molecule has 0 heterocycles. The Morgan fingerprint density at radius 3 is 1.60 bits per heavy atom. The Bertz CT molecular complexity index is 33.1. The minimum atomic E-state index is 0. The van der Waals surface area contributed by atoms with Crippen LogP contribution in [-0.2, 0) is 37.5 Å². The van der Waals surface area contributed by atoms with Crippen molar-refractivity contribution in [1.29, 1.82) is 5.26 Å². The summed E-state index contributed by atoms with van der Waals surface area (Å²) < 4.78 is 1.75. The molecule has 5 heavy (non-hydrogen) atoms. The van der Waals surface area contributed by atoms with Crippen molar-refractivity contribution in [2.45, 2.75) is 0 Å². The van der Waals surface area contributed by atoms with Crippen LogP contribution in [0.25, 0.3) is 0 Å². The van der Waals surface area contributed by atoms with Crippen LogP contribution in [0.4, 0.5) is 0 Å². The van der Waals surface area contributed by atoms with E-state index < -0.39 is 0 Å². The second-order valence-corrected chi connectivity index (χ2v) is 0.461. The van der Waals surface area contributed by atoms with Crippen molar-refractivity contribution in [2.24, 2.45) is 0 Å². The van der Waals surface area contributed by atoms with E-state index in [4.69, 9.17) is 5.26 Å². The van der Waals surface area contributed by atoms with Gasteiger partial charge in [0.15, 0.2) is 0 Å². The zero-order valence-corrected chi connectivity index (χ0v) is 4.47. The quantitative estimate of drug-likeness (QED) is 0.443. The van der Waals surface area contributed by atoms with Crippen LogP contribution in [0.5, 0.6) is 0 Å². The molecule has 0 N–H and O–H groups in total. The molecule has 0 rings (SSSR count). The van der Waals surface area contributed by atoms with Gasteiger partial charge in [-0.25, -0.2) is 0 Å². The molecule has 1 nitrogen and oxygen atoms in total. The van der Waals surface area contributed by atoms with Crippen molar-refractivity contribution in [3.05, 3.63) is 0 Å². The Morgan fingerprint density at radius 1 is 1.60 bits per heavy atom. The molecule has 0 spiro atoms. The zero-order chi connectivity index (χ0) is 2.71. The van der Waals surface area contributed by atoms with Gasteiger partial charge in [0.1, 0.15) is 0 Å². The van der Waals surface area contributed by atoms with Crippen molar-refractivity contribution < 1.29 is 37.5 Å². The standard InChI is InChI=1S/CN.Fe.K.Ti.H/c1-2;;;;. The molecule has 0 aromatic rings. The topological polar surface area (TPSA) is 23.8 Å². The van der Waals surface area contributed by atoms with E-state index in [1.54, 1.807) is 4.37 Å². The minimum absolute atomic E-state index is 0. The first kappa shape index (κ1) is 15.7. The van der Waals surface area contributed by atoms with Crippen LogP contribution in [-0.4, -0.2) is 51.4 Å². The first-order valence-electron chi connectivity index (χ1n) is 0.474. The molecule has 0 fully saturated rings. The maximum absolute atomic E-state index is 7.32. The summed E-state index contributed by atoms with van der Waals surface area (Å²) in [6.07, 6.45) is 0. The van der Waals surface area contributed by atoms with E-state index in [1.165, 1.54) is 20.4 Å². The average Bonchev–Trinajstić information content (AvgIpc) is 0.918. The van der Waals surface area contributed by atoms with Crippen LogP contribution in [0.2, 0.25) is 0 Å². The monoisotopic (exact) mass is 170 g/mol. The van der Waals surface area contributed by atoms with Crippen molar-refractivity contribution >= 4 is 51.4 Å². The third kappa shape index (κ3) is 21.7. The third-order valence-electron chi connectivity index (χ3n) is 0. The molecular formula is CHFeKNTi. The van der Waals surface area contributed by atoms with Gasteiger partial charge in [0.05, 0.1) is 0 Å². The number of hydrogen-bond acceptors (Lipinski definition) is 1. The fourth-order valence-corrected chi connectivity index (χ4v) is 0. The third-order valence-corrected chi connectivity index (χ3v) is 0. The molecule has 0 bridgehead atoms. The maximum atomic E-state index is 7.32. The summed E-state index contributed by atoms with van der Waals surface area (Å²) in [6, 6.07) is 0. The van der Waals surface area contributed by atoms with Gasteiger partial charge in [0.2, 0.25) is 0 Å². The van der Waals surface area contributed by atoms with Crippen LogP contribution < -0.4 is 0 Å². The van der Waals surface area contributed by atoms with Crippen LogP contribution >= 0.6 is 0 Å². The van der Waals surface area contributed by atoms with Crippen molar-refractivity contribution in [2.75, 3.05) is 0 Å². The molecule has 23 valence electrons. The van der Waals surface area contributed by atoms with Gasteiger partial charge in [0, 0.05) is 17.1 Å². The van der Waals surface area contributed by atoms with Gasteiger partial charge in [-0.1, -0.05) is 0 Å². The van der Waals surface area contributed by atoms with E-state index in [-0.39, 0.29) is 68.5 Å². The first-order valence-corrected chi connectivity index (χ1v) is 1.25. The van der Waals surface area contributed by atoms with E-state index in [9.17, 15) is 0 Å². The summed E-state index contributed by atoms with van der Waals surface area (Å²) in [5.41, 5.74) is 0. The first-order chi connectivity index (χ1) is 1.41. The van der Waals surface area contributed by atoms with Gasteiger partial charge in [0.25, 0.3) is 0 Å². The number of rotatable bonds is 0. The molecule has 0 saturated heterocycles. The Morgan fingerprint density at radius 2 is 1.60 bits per heavy atom. The summed E-state index contributed by atoms with van der Waals surface area (Å²) in [6.45, 7) is 0. The molecule has 0 aromatic heterocycles. The molecule has 0 aliphatic carbocycles. The van der Waals surface area contributed by atoms with E-state index in [0.29, 0.717) is 0 Å². The molecular weight excluding hydrogens is 169 g/mol. The predicted octanol–water partition coefficient (Wildman–Crippen LogP) is -0.637. The predicted molar refractivity (Wildman–Crippen MR) is 12.8 cm³/mol. The van der Waals surface area contributed by atoms with Gasteiger partial charge in [-0.05, 0) is 0 Å². The summed E-state index contributed by atoms with van der Waals surface area (Å²) in [5, 5.41) is 7.32. The molecule has 0 aliphatic rings. The Kier molecular flexibility index (Phi) is 50.7. The number of nitrogens with zero attached hydrogens (tertiary/aromatic N) is 1. The normalized spacial score (nSPS) is 1.20. The fraction of sp³-hybridized carbons (Fsp3) is 0. The molecule has 0 unspecified atom stereocenters. The molecule has 0 aromatic carbocycles. The van der Waals surface area contributed by atoms with E-state index in [0.717, 1.165) is 0 Å². The second kappa shape index (κ2) is 16.2. The average molecular weight is 170 g/mol. The Balaban J connectivity index is -0.0000000200. The van der Waals surface area contributed by atoms with Crippen molar-refractivity contribution in [3.63, 3.8) is 0 Å². The second-order valence-electron chi connectivity index (χ2n) is 0.112. The van der Waals surface area contributed by atoms with Gasteiger partial charge in [-0.15, -0.1) is 0 Å². The Labute approximate surface area is 96.2 Å². The SMILES string of the molecule is N#[C][Ti].[Fe].[KH]. The van der Waals surface area contributed by atoms with E-state index in [1.807, 2.05) is 0 Å². The summed E-state index contributed by atoms with van der Waals surface area (Å²) in [5.74, 6) is 0. The van der Waals surface area contributed by atoms with Crippen LogP contribution in [0.1, 0.15) is 0 Å². The fourth-order valence-electron chi connectivity index (χ4n) is 0. The zero-order valence-electron chi connectivity index (χ0n) is 1.80. The molecule has 0 atom stereocenters. The van der Waals surface area contributed by atoms with Gasteiger partial charge in [-0.2, -0.15) is 0 Å². The van der Waals surface area contributed by atoms with E-state index in [2.05, 4.69) is 0 Å². The van der Waals surface area contributed by atoms with Crippen LogP contribution in [0.3, 0.4) is 0 Å². The van der Waals surface area contributed by atoms with Crippen LogP contribution in [0.15, 0.2) is 0 Å². The van der Waals surface area contributed by atoms with Gasteiger partial charge < -0.3 is 0 Å². The van der Waals surface area contributed by atoms with Crippen molar-refractivity contribution in [1.82, 2.24) is 0 Å². The van der Waals surface area contributed by atoms with Crippen LogP contribution in [0, 0.1) is 9.64 Å². The molecule has 0 saturated carbocycles. The number of nitriles is 1. The van der Waals surface area contributed by atoms with Crippen molar-refractivity contribution in [3.8, 4) is 4.37 Å². The molecule has 0 amide bonds. The van der Waals surface area contributed by atoms with Gasteiger partial charge >= 0.3 is 81.5 Å².